The molecule has 234 valence electrons. The molecule has 6 aromatic carbocycles. The quantitative estimate of drug-likeness (QED) is 0.138. The van der Waals surface area contributed by atoms with Crippen LogP contribution in [0.5, 0.6) is 0 Å². The van der Waals surface area contributed by atoms with E-state index in [-0.39, 0.29) is 0 Å². The Hall–Kier alpha value is -5.48. The summed E-state index contributed by atoms with van der Waals surface area (Å²) >= 11 is 5.37. The maximum absolute atomic E-state index is 4.13. The highest BCUT2D eigenvalue weighted by atomic mass is 79.9. The van der Waals surface area contributed by atoms with E-state index in [0.29, 0.717) is 0 Å². The lowest BCUT2D eigenvalue weighted by Crippen LogP contribution is -1.94. The number of benzene rings is 6. The van der Waals surface area contributed by atoms with Crippen LogP contribution in [-0.4, -0.2) is 4.57 Å². The summed E-state index contributed by atoms with van der Waals surface area (Å²) in [5, 5.41) is 2.40. The van der Waals surface area contributed by atoms with Gasteiger partial charge in [0.2, 0.25) is 0 Å². The van der Waals surface area contributed by atoms with E-state index in [1.165, 1.54) is 65.0 Å². The van der Waals surface area contributed by atoms with Crippen molar-refractivity contribution in [2.75, 3.05) is 0 Å². The van der Waals surface area contributed by atoms with E-state index < -0.39 is 0 Å². The second-order valence-corrected chi connectivity index (χ2v) is 14.0. The van der Waals surface area contributed by atoms with Gasteiger partial charge in [-0.15, -0.1) is 11.3 Å². The average Bonchev–Trinajstić information content (AvgIpc) is 3.78. The monoisotopic (exact) mass is 709 g/mol. The summed E-state index contributed by atoms with van der Waals surface area (Å²) in [6.07, 6.45) is 5.74. The summed E-state index contributed by atoms with van der Waals surface area (Å²) in [5.74, 6) is 0. The van der Waals surface area contributed by atoms with Gasteiger partial charge in [0.05, 0.1) is 11.0 Å². The predicted molar refractivity (Wildman–Crippen MR) is 217 cm³/mol. The van der Waals surface area contributed by atoms with E-state index in [0.717, 1.165) is 21.2 Å². The minimum Gasteiger partial charge on any atom is -0.309 e. The second-order valence-electron chi connectivity index (χ2n) is 12.0. The molecule has 0 amide bonds. The fourth-order valence-corrected chi connectivity index (χ4v) is 7.87. The minimum absolute atomic E-state index is 0.990. The van der Waals surface area contributed by atoms with Crippen molar-refractivity contribution in [3.63, 3.8) is 0 Å². The van der Waals surface area contributed by atoms with Crippen molar-refractivity contribution in [3.8, 4) is 54.3 Å². The molecule has 3 heteroatoms. The molecule has 2 heterocycles. The van der Waals surface area contributed by atoms with Gasteiger partial charge in [0.15, 0.2) is 0 Å². The largest absolute Gasteiger partial charge is 0.309 e. The molecule has 0 spiro atoms. The number of allylic oxidation sites excluding steroid dienone is 4. The van der Waals surface area contributed by atoms with Gasteiger partial charge in [-0.1, -0.05) is 138 Å². The van der Waals surface area contributed by atoms with E-state index in [1.807, 2.05) is 29.6 Å². The number of halogens is 1. The molecule has 0 atom stereocenters. The number of nitrogens with zero attached hydrogens (tertiary/aromatic N) is 1. The number of hydrogen-bond acceptors (Lipinski definition) is 1. The Morgan fingerprint density at radius 3 is 1.41 bits per heavy atom. The molecule has 0 N–H and O–H groups in total. The van der Waals surface area contributed by atoms with Gasteiger partial charge in [-0.25, -0.2) is 0 Å². The van der Waals surface area contributed by atoms with Crippen LogP contribution in [0.3, 0.4) is 0 Å². The van der Waals surface area contributed by atoms with Gasteiger partial charge in [-0.2, -0.15) is 0 Å². The number of fused-ring (bicyclic) bond motifs is 3. The van der Waals surface area contributed by atoms with Crippen molar-refractivity contribution in [3.05, 3.63) is 188 Å². The second kappa shape index (κ2) is 13.2. The van der Waals surface area contributed by atoms with Gasteiger partial charge < -0.3 is 4.57 Å². The molecular formula is C46H32BrNS. The minimum atomic E-state index is 0.990. The number of thiophene rings is 1. The first kappa shape index (κ1) is 30.8. The zero-order valence-corrected chi connectivity index (χ0v) is 29.2. The Morgan fingerprint density at radius 1 is 0.490 bits per heavy atom. The fraction of sp³-hybridized carbons (Fsp3) is 0. The number of aromatic nitrogens is 1. The van der Waals surface area contributed by atoms with Crippen LogP contribution in [0.4, 0.5) is 0 Å². The molecule has 8 rings (SSSR count). The van der Waals surface area contributed by atoms with Gasteiger partial charge in [0, 0.05) is 30.7 Å². The Labute approximate surface area is 299 Å². The van der Waals surface area contributed by atoms with Gasteiger partial charge in [-0.3, -0.25) is 0 Å². The van der Waals surface area contributed by atoms with Crippen molar-refractivity contribution >= 4 is 54.8 Å². The van der Waals surface area contributed by atoms with E-state index in [4.69, 9.17) is 0 Å². The van der Waals surface area contributed by atoms with Crippen molar-refractivity contribution < 1.29 is 0 Å². The molecular weight excluding hydrogens is 678 g/mol. The standard InChI is InChI=1S/C46H32BrNS/c1-3-8-40(4-2)48-43-25-21-37(33-13-11-31(12-14-33)32-19-23-39(47)24-20-32)29-41(43)42-30-38(22-26-44(42)48)34-15-17-36(18-16-34)46-28-27-45(49-46)35-9-6-5-7-10-35/h3-30H,1-2H2. The lowest BCUT2D eigenvalue weighted by atomic mass is 9.98. The Morgan fingerprint density at radius 2 is 0.918 bits per heavy atom. The third-order valence-corrected chi connectivity index (χ3v) is 10.8. The Balaban J connectivity index is 1.19. The van der Waals surface area contributed by atoms with E-state index in [9.17, 15) is 0 Å². The highest BCUT2D eigenvalue weighted by molar-refractivity contribution is 9.10. The maximum atomic E-state index is 4.13. The average molecular weight is 711 g/mol. The zero-order valence-electron chi connectivity index (χ0n) is 26.8. The van der Waals surface area contributed by atoms with Crippen molar-refractivity contribution in [1.82, 2.24) is 4.57 Å². The molecule has 49 heavy (non-hydrogen) atoms. The lowest BCUT2D eigenvalue weighted by Gasteiger charge is -2.09. The molecule has 0 fully saturated rings. The van der Waals surface area contributed by atoms with Crippen LogP contribution < -0.4 is 0 Å². The molecule has 1 nitrogen and oxygen atoms in total. The molecule has 0 unspecified atom stereocenters. The van der Waals surface area contributed by atoms with E-state index in [1.54, 1.807) is 0 Å². The van der Waals surface area contributed by atoms with Crippen molar-refractivity contribution in [2.24, 2.45) is 0 Å². The molecule has 0 radical (unpaired) electrons. The van der Waals surface area contributed by atoms with Crippen molar-refractivity contribution in [2.45, 2.75) is 0 Å². The normalized spacial score (nSPS) is 11.7. The van der Waals surface area contributed by atoms with Crippen LogP contribution in [0.15, 0.2) is 188 Å². The van der Waals surface area contributed by atoms with Crippen LogP contribution in [-0.2, 0) is 0 Å². The number of rotatable bonds is 8. The molecule has 0 saturated carbocycles. The first-order valence-corrected chi connectivity index (χ1v) is 17.9. The molecule has 0 aliphatic rings. The van der Waals surface area contributed by atoms with E-state index >= 15 is 0 Å². The van der Waals surface area contributed by atoms with Gasteiger partial charge in [0.25, 0.3) is 0 Å². The highest BCUT2D eigenvalue weighted by Gasteiger charge is 2.15. The van der Waals surface area contributed by atoms with Crippen LogP contribution in [0.2, 0.25) is 0 Å². The van der Waals surface area contributed by atoms with Crippen LogP contribution in [0.1, 0.15) is 0 Å². The van der Waals surface area contributed by atoms with Gasteiger partial charge in [0.1, 0.15) is 0 Å². The summed E-state index contributed by atoms with van der Waals surface area (Å²) in [4.78, 5) is 2.55. The third kappa shape index (κ3) is 5.93. The highest BCUT2D eigenvalue weighted by Crippen LogP contribution is 2.39. The van der Waals surface area contributed by atoms with Gasteiger partial charge >= 0.3 is 0 Å². The topological polar surface area (TPSA) is 4.93 Å². The molecule has 2 aromatic heterocycles. The summed E-state index contributed by atoms with van der Waals surface area (Å²) in [6, 6.07) is 54.8. The molecule has 0 saturated heterocycles. The first-order valence-electron chi connectivity index (χ1n) is 16.3. The third-order valence-electron chi connectivity index (χ3n) is 9.08. The number of hydrogen-bond donors (Lipinski definition) is 0. The summed E-state index contributed by atoms with van der Waals surface area (Å²) in [5.41, 5.74) is 12.9. The maximum Gasteiger partial charge on any atom is 0.0541 e. The van der Waals surface area contributed by atoms with Crippen LogP contribution in [0.25, 0.3) is 81.8 Å². The zero-order chi connectivity index (χ0) is 33.3. The Kier molecular flexibility index (Phi) is 8.30. The molecule has 0 aliphatic carbocycles. The summed E-state index contributed by atoms with van der Waals surface area (Å²) in [7, 11) is 0. The summed E-state index contributed by atoms with van der Waals surface area (Å²) in [6.45, 7) is 8.10. The van der Waals surface area contributed by atoms with Crippen LogP contribution >= 0.6 is 27.3 Å². The fourth-order valence-electron chi connectivity index (χ4n) is 6.59. The predicted octanol–water partition coefficient (Wildman–Crippen LogP) is 14.2. The van der Waals surface area contributed by atoms with Gasteiger partial charge in [-0.05, 0) is 105 Å². The first-order chi connectivity index (χ1) is 24.1. The molecule has 8 aromatic rings. The lowest BCUT2D eigenvalue weighted by molar-refractivity contribution is 1.24. The van der Waals surface area contributed by atoms with Crippen LogP contribution in [0, 0.1) is 0 Å². The SMILES string of the molecule is C=CC=C(C=C)n1c2ccc(-c3ccc(-c4ccc(Br)cc4)cc3)cc2c2cc(-c3ccc(-c4ccc(-c5ccccc5)s4)cc3)ccc21. The Bertz CT molecular complexity index is 2490. The smallest absolute Gasteiger partial charge is 0.0541 e. The van der Waals surface area contributed by atoms with E-state index in [2.05, 4.69) is 185 Å². The summed E-state index contributed by atoms with van der Waals surface area (Å²) < 4.78 is 3.37. The molecule has 0 bridgehead atoms. The molecule has 0 aliphatic heterocycles. The van der Waals surface area contributed by atoms with Crippen molar-refractivity contribution in [1.29, 1.82) is 0 Å².